The van der Waals surface area contributed by atoms with E-state index >= 15 is 0 Å². The largest absolute Gasteiger partial charge is 0.376 e. The third-order valence-electron chi connectivity index (χ3n) is 3.90. The van der Waals surface area contributed by atoms with Crippen LogP contribution in [0.1, 0.15) is 48.0 Å². The van der Waals surface area contributed by atoms with Crippen LogP contribution in [0.5, 0.6) is 0 Å². The smallest absolute Gasteiger partial charge is 0.132 e. The van der Waals surface area contributed by atoms with Gasteiger partial charge >= 0.3 is 0 Å². The quantitative estimate of drug-likeness (QED) is 0.905. The lowest BCUT2D eigenvalue weighted by Crippen LogP contribution is -2.30. The first kappa shape index (κ1) is 13.5. The van der Waals surface area contributed by atoms with Crippen molar-refractivity contribution in [3.8, 4) is 0 Å². The highest BCUT2D eigenvalue weighted by Gasteiger charge is 2.35. The van der Waals surface area contributed by atoms with Crippen molar-refractivity contribution in [3.05, 3.63) is 15.6 Å². The van der Waals surface area contributed by atoms with Gasteiger partial charge in [0.05, 0.1) is 25.5 Å². The Hall–Kier alpha value is -0.490. The van der Waals surface area contributed by atoms with Gasteiger partial charge in [-0.05, 0) is 25.3 Å². The van der Waals surface area contributed by atoms with Gasteiger partial charge in [-0.2, -0.15) is 0 Å². The molecule has 0 spiro atoms. The zero-order valence-corrected chi connectivity index (χ0v) is 12.7. The summed E-state index contributed by atoms with van der Waals surface area (Å²) in [6, 6.07) is 0.425. The summed E-state index contributed by atoms with van der Waals surface area (Å²) in [4.78, 5) is 6.24. The van der Waals surface area contributed by atoms with Gasteiger partial charge < -0.3 is 14.8 Å². The molecule has 5 heteroatoms. The van der Waals surface area contributed by atoms with E-state index < -0.39 is 0 Å². The molecule has 1 aliphatic heterocycles. The molecule has 19 heavy (non-hydrogen) atoms. The number of thiazole rings is 1. The molecule has 2 atom stereocenters. The van der Waals surface area contributed by atoms with Crippen LogP contribution in [0.15, 0.2) is 0 Å². The average Bonchev–Trinajstić information content (AvgIpc) is 2.81. The summed E-state index contributed by atoms with van der Waals surface area (Å²) in [6.07, 6.45) is 2.26. The Labute approximate surface area is 118 Å². The van der Waals surface area contributed by atoms with Gasteiger partial charge in [0.25, 0.3) is 0 Å². The lowest BCUT2D eigenvalue weighted by molar-refractivity contribution is -0.0902. The normalized spacial score (nSPS) is 30.1. The first-order valence-corrected chi connectivity index (χ1v) is 7.77. The van der Waals surface area contributed by atoms with Crippen molar-refractivity contribution in [2.75, 3.05) is 26.9 Å². The lowest BCUT2D eigenvalue weighted by Gasteiger charge is -2.34. The Balaban J connectivity index is 1.88. The number of hydrogen-bond acceptors (Lipinski definition) is 5. The molecule has 1 aliphatic carbocycles. The Bertz CT molecular complexity index is 452. The number of nitrogens with one attached hydrogen (secondary N) is 1. The van der Waals surface area contributed by atoms with E-state index in [0.717, 1.165) is 11.4 Å². The first-order valence-electron chi connectivity index (χ1n) is 6.95. The topological polar surface area (TPSA) is 43.4 Å². The molecule has 1 N–H and O–H groups in total. The molecule has 0 aromatic carbocycles. The zero-order chi connectivity index (χ0) is 13.5. The minimum Gasteiger partial charge on any atom is -0.376 e. The SMILES string of the molecule is CNC1CC(C)(C)Cc2nc(C3COCCO3)sc21. The third kappa shape index (κ3) is 2.70. The molecular formula is C14H22N2O2S. The van der Waals surface area contributed by atoms with E-state index in [0.29, 0.717) is 31.3 Å². The van der Waals surface area contributed by atoms with Gasteiger partial charge in [0, 0.05) is 10.9 Å². The van der Waals surface area contributed by atoms with Gasteiger partial charge in [0.15, 0.2) is 0 Å². The van der Waals surface area contributed by atoms with Crippen LogP contribution < -0.4 is 5.32 Å². The number of ether oxygens (including phenoxy) is 2. The summed E-state index contributed by atoms with van der Waals surface area (Å²) in [5.41, 5.74) is 1.57. The molecule has 0 saturated carbocycles. The van der Waals surface area contributed by atoms with E-state index in [9.17, 15) is 0 Å². The molecule has 2 heterocycles. The molecule has 1 aromatic rings. The van der Waals surface area contributed by atoms with Gasteiger partial charge in [0.2, 0.25) is 0 Å². The summed E-state index contributed by atoms with van der Waals surface area (Å²) in [5.74, 6) is 0. The van der Waals surface area contributed by atoms with Crippen LogP contribution in [0.25, 0.3) is 0 Å². The van der Waals surface area contributed by atoms with Crippen molar-refractivity contribution >= 4 is 11.3 Å². The number of rotatable bonds is 2. The van der Waals surface area contributed by atoms with E-state index in [4.69, 9.17) is 14.5 Å². The maximum atomic E-state index is 5.77. The van der Waals surface area contributed by atoms with Gasteiger partial charge in [-0.3, -0.25) is 0 Å². The minimum absolute atomic E-state index is 0.0324. The second-order valence-corrected chi connectivity index (χ2v) is 7.25. The third-order valence-corrected chi connectivity index (χ3v) is 5.21. The van der Waals surface area contributed by atoms with E-state index in [1.165, 1.54) is 17.0 Å². The monoisotopic (exact) mass is 282 g/mol. The van der Waals surface area contributed by atoms with Gasteiger partial charge in [-0.1, -0.05) is 13.8 Å². The van der Waals surface area contributed by atoms with Crippen LogP contribution in [0.3, 0.4) is 0 Å². The predicted molar refractivity (Wildman–Crippen MR) is 75.5 cm³/mol. The first-order chi connectivity index (χ1) is 9.09. The minimum atomic E-state index is 0.0324. The fourth-order valence-electron chi connectivity index (χ4n) is 2.95. The summed E-state index contributed by atoms with van der Waals surface area (Å²) in [5, 5.41) is 4.52. The van der Waals surface area contributed by atoms with Crippen LogP contribution in [0, 0.1) is 5.41 Å². The number of aromatic nitrogens is 1. The zero-order valence-electron chi connectivity index (χ0n) is 11.9. The highest BCUT2D eigenvalue weighted by atomic mass is 32.1. The van der Waals surface area contributed by atoms with E-state index in [1.807, 2.05) is 7.05 Å². The van der Waals surface area contributed by atoms with E-state index in [-0.39, 0.29) is 6.10 Å². The number of hydrogen-bond donors (Lipinski definition) is 1. The average molecular weight is 282 g/mol. The van der Waals surface area contributed by atoms with Gasteiger partial charge in [-0.25, -0.2) is 4.98 Å². The molecule has 1 saturated heterocycles. The molecular weight excluding hydrogens is 260 g/mol. The van der Waals surface area contributed by atoms with E-state index in [1.54, 1.807) is 11.3 Å². The molecule has 1 fully saturated rings. The molecule has 2 aliphatic rings. The Morgan fingerprint density at radius 1 is 1.37 bits per heavy atom. The molecule has 1 aromatic heterocycles. The Kier molecular flexibility index (Phi) is 3.64. The summed E-state index contributed by atoms with van der Waals surface area (Å²) >= 11 is 1.80. The molecule has 106 valence electrons. The summed E-state index contributed by atoms with van der Waals surface area (Å²) in [7, 11) is 2.04. The number of fused-ring (bicyclic) bond motifs is 1. The molecule has 0 amide bonds. The molecule has 3 rings (SSSR count). The summed E-state index contributed by atoms with van der Waals surface area (Å²) < 4.78 is 11.3. The standard InChI is InChI=1S/C14H22N2O2S/c1-14(2)6-9(15-3)12-10(7-14)16-13(19-12)11-8-17-4-5-18-11/h9,11,15H,4-8H2,1-3H3. The van der Waals surface area contributed by atoms with Crippen molar-refractivity contribution in [2.45, 2.75) is 38.8 Å². The highest BCUT2D eigenvalue weighted by molar-refractivity contribution is 7.11. The highest BCUT2D eigenvalue weighted by Crippen LogP contribution is 2.44. The maximum absolute atomic E-state index is 5.77. The van der Waals surface area contributed by atoms with Crippen LogP contribution >= 0.6 is 11.3 Å². The number of nitrogens with zero attached hydrogens (tertiary/aromatic N) is 1. The molecule has 4 nitrogen and oxygen atoms in total. The second-order valence-electron chi connectivity index (χ2n) is 6.18. The molecule has 0 radical (unpaired) electrons. The van der Waals surface area contributed by atoms with Crippen LogP contribution in [0.2, 0.25) is 0 Å². The molecule has 0 bridgehead atoms. The van der Waals surface area contributed by atoms with Crippen molar-refractivity contribution in [2.24, 2.45) is 5.41 Å². The molecule has 2 unspecified atom stereocenters. The van der Waals surface area contributed by atoms with E-state index in [2.05, 4.69) is 19.2 Å². The Morgan fingerprint density at radius 2 is 2.21 bits per heavy atom. The lowest BCUT2D eigenvalue weighted by atomic mass is 9.76. The fourth-order valence-corrected chi connectivity index (χ4v) is 4.18. The van der Waals surface area contributed by atoms with Crippen molar-refractivity contribution in [3.63, 3.8) is 0 Å². The second kappa shape index (κ2) is 5.13. The van der Waals surface area contributed by atoms with Gasteiger partial charge in [-0.15, -0.1) is 11.3 Å². The summed E-state index contributed by atoms with van der Waals surface area (Å²) in [6.45, 7) is 6.66. The van der Waals surface area contributed by atoms with Crippen LogP contribution in [-0.2, 0) is 15.9 Å². The van der Waals surface area contributed by atoms with Crippen molar-refractivity contribution < 1.29 is 9.47 Å². The van der Waals surface area contributed by atoms with Gasteiger partial charge in [0.1, 0.15) is 11.1 Å². The Morgan fingerprint density at radius 3 is 2.89 bits per heavy atom. The van der Waals surface area contributed by atoms with Crippen molar-refractivity contribution in [1.29, 1.82) is 0 Å². The fraction of sp³-hybridized carbons (Fsp3) is 0.786. The van der Waals surface area contributed by atoms with Crippen molar-refractivity contribution in [1.82, 2.24) is 10.3 Å². The van der Waals surface area contributed by atoms with Crippen LogP contribution in [0.4, 0.5) is 0 Å². The van der Waals surface area contributed by atoms with Crippen LogP contribution in [-0.4, -0.2) is 31.9 Å². The predicted octanol–water partition coefficient (Wildman–Crippen LogP) is 2.46. The maximum Gasteiger partial charge on any atom is 0.132 e.